The van der Waals surface area contributed by atoms with Crippen LogP contribution in [0.2, 0.25) is 0 Å². The van der Waals surface area contributed by atoms with Crippen LogP contribution >= 0.6 is 0 Å². The van der Waals surface area contributed by atoms with Crippen molar-refractivity contribution in [3.05, 3.63) is 29.8 Å². The molecule has 134 valence electrons. The molecule has 1 aromatic rings. The van der Waals surface area contributed by atoms with Crippen molar-refractivity contribution in [2.45, 2.75) is 45.1 Å². The molecule has 25 heavy (non-hydrogen) atoms. The van der Waals surface area contributed by atoms with E-state index in [0.717, 1.165) is 50.9 Å². The van der Waals surface area contributed by atoms with Crippen LogP contribution in [-0.2, 0) is 9.59 Å². The zero-order chi connectivity index (χ0) is 17.6. The zero-order valence-corrected chi connectivity index (χ0v) is 14.8. The van der Waals surface area contributed by atoms with E-state index in [2.05, 4.69) is 4.90 Å². The van der Waals surface area contributed by atoms with Gasteiger partial charge in [0.05, 0.1) is 11.5 Å². The van der Waals surface area contributed by atoms with E-state index in [-0.39, 0.29) is 17.9 Å². The van der Waals surface area contributed by atoms with Crippen LogP contribution in [0.5, 0.6) is 0 Å². The molecule has 1 aliphatic carbocycles. The van der Waals surface area contributed by atoms with Crippen molar-refractivity contribution in [3.63, 3.8) is 0 Å². The lowest BCUT2D eigenvalue weighted by atomic mass is 9.81. The third-order valence-corrected chi connectivity index (χ3v) is 6.52. The summed E-state index contributed by atoms with van der Waals surface area (Å²) in [5.74, 6) is -0.334. The Morgan fingerprint density at radius 1 is 1.20 bits per heavy atom. The van der Waals surface area contributed by atoms with Crippen LogP contribution in [0.25, 0.3) is 0 Å². The molecule has 1 amide bonds. The molecule has 3 fully saturated rings. The molecule has 0 bridgehead atoms. The Hall–Kier alpha value is -1.88. The van der Waals surface area contributed by atoms with Crippen molar-refractivity contribution >= 4 is 17.6 Å². The van der Waals surface area contributed by atoms with Crippen LogP contribution in [0, 0.1) is 18.3 Å². The summed E-state index contributed by atoms with van der Waals surface area (Å²) in [5, 5.41) is 9.79. The van der Waals surface area contributed by atoms with Gasteiger partial charge in [0.25, 0.3) is 0 Å². The molecular weight excluding hydrogens is 316 g/mol. The molecule has 2 saturated heterocycles. The summed E-state index contributed by atoms with van der Waals surface area (Å²) < 4.78 is 0. The first-order valence-corrected chi connectivity index (χ1v) is 9.37. The van der Waals surface area contributed by atoms with Gasteiger partial charge in [0.1, 0.15) is 0 Å². The monoisotopic (exact) mass is 342 g/mol. The normalized spacial score (nSPS) is 32.8. The Bertz CT molecular complexity index is 687. The minimum Gasteiger partial charge on any atom is -0.481 e. The molecule has 0 aromatic heterocycles. The summed E-state index contributed by atoms with van der Waals surface area (Å²) in [6.07, 6.45) is 4.53. The van der Waals surface area contributed by atoms with Gasteiger partial charge in [0.2, 0.25) is 5.91 Å². The maximum absolute atomic E-state index is 13.1. The number of benzene rings is 1. The van der Waals surface area contributed by atoms with Gasteiger partial charge in [-0.15, -0.1) is 0 Å². The first-order chi connectivity index (χ1) is 12.0. The number of carbonyl (C=O) groups excluding carboxylic acids is 1. The summed E-state index contributed by atoms with van der Waals surface area (Å²) >= 11 is 0. The fourth-order valence-corrected chi connectivity index (χ4v) is 5.09. The maximum Gasteiger partial charge on any atom is 0.311 e. The number of carboxylic acid groups (broad SMARTS) is 1. The summed E-state index contributed by atoms with van der Waals surface area (Å²) in [6.45, 7) is 4.08. The number of likely N-dealkylation sites (tertiary alicyclic amines) is 1. The van der Waals surface area contributed by atoms with Gasteiger partial charge in [-0.3, -0.25) is 14.5 Å². The number of hydrogen-bond acceptors (Lipinski definition) is 3. The first kappa shape index (κ1) is 16.6. The Balaban J connectivity index is 1.54. The molecule has 2 heterocycles. The van der Waals surface area contributed by atoms with Gasteiger partial charge < -0.3 is 10.0 Å². The molecule has 0 radical (unpaired) electrons. The number of aryl methyl sites for hydroxylation is 1. The number of amides is 1. The van der Waals surface area contributed by atoms with Crippen LogP contribution in [0.15, 0.2) is 24.3 Å². The molecular formula is C20H26N2O3. The van der Waals surface area contributed by atoms with Gasteiger partial charge >= 0.3 is 5.97 Å². The van der Waals surface area contributed by atoms with E-state index in [0.29, 0.717) is 6.54 Å². The Kier molecular flexibility index (Phi) is 4.07. The number of fused-ring (bicyclic) bond motifs is 1. The van der Waals surface area contributed by atoms with E-state index < -0.39 is 11.4 Å². The van der Waals surface area contributed by atoms with Crippen LogP contribution in [0.3, 0.4) is 0 Å². The van der Waals surface area contributed by atoms with E-state index in [1.165, 1.54) is 5.56 Å². The van der Waals surface area contributed by atoms with Crippen molar-refractivity contribution in [2.75, 3.05) is 24.5 Å². The fraction of sp³-hybridized carbons (Fsp3) is 0.600. The van der Waals surface area contributed by atoms with E-state index in [1.54, 1.807) is 0 Å². The molecule has 1 saturated carbocycles. The van der Waals surface area contributed by atoms with Crippen molar-refractivity contribution in [1.82, 2.24) is 4.90 Å². The third kappa shape index (κ3) is 2.65. The van der Waals surface area contributed by atoms with Crippen molar-refractivity contribution in [1.29, 1.82) is 0 Å². The summed E-state index contributed by atoms with van der Waals surface area (Å²) in [4.78, 5) is 29.1. The minimum absolute atomic E-state index is 0.135. The number of anilines is 1. The van der Waals surface area contributed by atoms with Crippen LogP contribution in [-0.4, -0.2) is 47.6 Å². The number of piperidine rings is 1. The van der Waals surface area contributed by atoms with Crippen molar-refractivity contribution in [3.8, 4) is 0 Å². The second-order valence-electron chi connectivity index (χ2n) is 7.96. The highest BCUT2D eigenvalue weighted by Gasteiger charge is 2.56. The van der Waals surface area contributed by atoms with Crippen LogP contribution < -0.4 is 4.90 Å². The highest BCUT2D eigenvalue weighted by molar-refractivity contribution is 5.98. The summed E-state index contributed by atoms with van der Waals surface area (Å²) in [5.41, 5.74) is 1.51. The maximum atomic E-state index is 13.1. The molecule has 1 aromatic carbocycles. The Labute approximate surface area is 148 Å². The van der Waals surface area contributed by atoms with Crippen LogP contribution in [0.1, 0.15) is 37.7 Å². The van der Waals surface area contributed by atoms with E-state index in [1.807, 2.05) is 36.1 Å². The number of nitrogens with zero attached hydrogens (tertiary/aromatic N) is 2. The van der Waals surface area contributed by atoms with E-state index in [4.69, 9.17) is 0 Å². The third-order valence-electron chi connectivity index (χ3n) is 6.52. The average Bonchev–Trinajstić information content (AvgIpc) is 3.14. The SMILES string of the molecule is Cc1ccc(N2CCCC(N3C[C@@H]4CCC[C@@]4(C(=O)O)C3)C2=O)cc1. The van der Waals surface area contributed by atoms with Crippen molar-refractivity contribution in [2.24, 2.45) is 11.3 Å². The van der Waals surface area contributed by atoms with E-state index >= 15 is 0 Å². The highest BCUT2D eigenvalue weighted by Crippen LogP contribution is 2.49. The standard InChI is InChI=1S/C20H26N2O3/c1-14-6-8-16(9-7-14)22-11-3-5-17(18(22)23)21-12-15-4-2-10-20(15,13-21)19(24)25/h6-9,15,17H,2-5,10-13H2,1H3,(H,24,25)/t15-,17?,20+/m0/s1. The number of aliphatic carboxylic acids is 1. The van der Waals surface area contributed by atoms with Crippen LogP contribution in [0.4, 0.5) is 5.69 Å². The van der Waals surface area contributed by atoms with Gasteiger partial charge in [-0.05, 0) is 50.7 Å². The Morgan fingerprint density at radius 2 is 1.96 bits per heavy atom. The molecule has 2 aliphatic heterocycles. The molecule has 3 aliphatic rings. The van der Waals surface area contributed by atoms with Gasteiger partial charge in [-0.25, -0.2) is 0 Å². The molecule has 1 N–H and O–H groups in total. The number of carbonyl (C=O) groups is 2. The average molecular weight is 342 g/mol. The quantitative estimate of drug-likeness (QED) is 0.917. The fourth-order valence-electron chi connectivity index (χ4n) is 5.09. The lowest BCUT2D eigenvalue weighted by molar-refractivity contribution is -0.149. The van der Waals surface area contributed by atoms with Gasteiger partial charge in [-0.2, -0.15) is 0 Å². The van der Waals surface area contributed by atoms with Gasteiger partial charge in [0.15, 0.2) is 0 Å². The summed E-state index contributed by atoms with van der Waals surface area (Å²) in [6, 6.07) is 7.91. The predicted molar refractivity (Wildman–Crippen MR) is 95.5 cm³/mol. The predicted octanol–water partition coefficient (Wildman–Crippen LogP) is 2.68. The largest absolute Gasteiger partial charge is 0.481 e. The topological polar surface area (TPSA) is 60.9 Å². The Morgan fingerprint density at radius 3 is 2.64 bits per heavy atom. The molecule has 4 rings (SSSR count). The lowest BCUT2D eigenvalue weighted by Crippen LogP contribution is -2.52. The molecule has 5 heteroatoms. The van der Waals surface area contributed by atoms with Crippen molar-refractivity contribution < 1.29 is 14.7 Å². The first-order valence-electron chi connectivity index (χ1n) is 9.37. The second-order valence-corrected chi connectivity index (χ2v) is 7.96. The minimum atomic E-state index is -0.670. The zero-order valence-electron chi connectivity index (χ0n) is 14.8. The summed E-state index contributed by atoms with van der Waals surface area (Å²) in [7, 11) is 0. The second kappa shape index (κ2) is 6.13. The molecule has 0 spiro atoms. The lowest BCUT2D eigenvalue weighted by Gasteiger charge is -2.37. The highest BCUT2D eigenvalue weighted by atomic mass is 16.4. The van der Waals surface area contributed by atoms with Gasteiger partial charge in [0, 0.05) is 25.3 Å². The van der Waals surface area contributed by atoms with E-state index in [9.17, 15) is 14.7 Å². The van der Waals surface area contributed by atoms with Gasteiger partial charge in [-0.1, -0.05) is 24.1 Å². The number of hydrogen-bond donors (Lipinski definition) is 1. The number of rotatable bonds is 3. The molecule has 5 nitrogen and oxygen atoms in total. The number of carboxylic acids is 1. The molecule has 3 atom stereocenters. The smallest absolute Gasteiger partial charge is 0.311 e. The molecule has 1 unspecified atom stereocenters.